The molecule has 222 valence electrons. The summed E-state index contributed by atoms with van der Waals surface area (Å²) in [5.41, 5.74) is 6.99. The molecular weight excluding hydrogens is 512 g/mol. The Kier molecular flexibility index (Phi) is 7.59. The molecule has 1 atom stereocenters. The van der Waals surface area contributed by atoms with Crippen LogP contribution in [0.2, 0.25) is 0 Å². The van der Waals surface area contributed by atoms with E-state index in [0.717, 1.165) is 84.3 Å². The molecule has 6 heteroatoms. The summed E-state index contributed by atoms with van der Waals surface area (Å²) < 4.78 is 13.8. The number of Topliss-reactive ketones (excluding diaryl/α,β-unsaturated/α-hetero) is 1. The van der Waals surface area contributed by atoms with Crippen molar-refractivity contribution in [2.75, 3.05) is 27.2 Å². The Bertz CT molecular complexity index is 1310. The van der Waals surface area contributed by atoms with Crippen molar-refractivity contribution in [2.45, 2.75) is 116 Å². The second-order valence-corrected chi connectivity index (χ2v) is 13.8. The fourth-order valence-corrected chi connectivity index (χ4v) is 8.36. The molecule has 3 aliphatic carbocycles. The summed E-state index contributed by atoms with van der Waals surface area (Å²) in [4.78, 5) is 31.4. The minimum Gasteiger partial charge on any atom is -0.448 e. The second-order valence-electron chi connectivity index (χ2n) is 13.8. The smallest absolute Gasteiger partial charge is 0.254 e. The topological polar surface area (TPSA) is 59.1 Å². The predicted molar refractivity (Wildman–Crippen MR) is 162 cm³/mol. The van der Waals surface area contributed by atoms with E-state index in [1.807, 2.05) is 25.7 Å². The molecular formula is C35H48N2O4. The van der Waals surface area contributed by atoms with Crippen LogP contribution in [0.4, 0.5) is 0 Å². The number of amides is 1. The van der Waals surface area contributed by atoms with E-state index >= 15 is 0 Å². The van der Waals surface area contributed by atoms with Gasteiger partial charge < -0.3 is 19.3 Å². The van der Waals surface area contributed by atoms with E-state index in [-0.39, 0.29) is 11.7 Å². The summed E-state index contributed by atoms with van der Waals surface area (Å²) in [7, 11) is 4.35. The van der Waals surface area contributed by atoms with Crippen LogP contribution in [0.15, 0.2) is 22.8 Å². The molecule has 6 nitrogen and oxygen atoms in total. The van der Waals surface area contributed by atoms with Gasteiger partial charge in [-0.15, -0.1) is 0 Å². The molecule has 2 heterocycles. The van der Waals surface area contributed by atoms with E-state index in [0.29, 0.717) is 37.4 Å². The maximum atomic E-state index is 14.3. The lowest BCUT2D eigenvalue weighted by Gasteiger charge is -2.39. The fourth-order valence-electron chi connectivity index (χ4n) is 8.36. The number of rotatable bonds is 5. The molecule has 1 aromatic rings. The van der Waals surface area contributed by atoms with Gasteiger partial charge in [-0.1, -0.05) is 30.9 Å². The van der Waals surface area contributed by atoms with Crippen molar-refractivity contribution in [3.8, 4) is 11.5 Å². The molecule has 2 fully saturated rings. The maximum absolute atomic E-state index is 14.3. The molecule has 2 saturated carbocycles. The molecule has 0 aromatic heterocycles. The highest BCUT2D eigenvalue weighted by atomic mass is 16.7. The Labute approximate surface area is 246 Å². The largest absolute Gasteiger partial charge is 0.448 e. The summed E-state index contributed by atoms with van der Waals surface area (Å²) >= 11 is 0. The van der Waals surface area contributed by atoms with Crippen LogP contribution in [0.25, 0.3) is 0 Å². The van der Waals surface area contributed by atoms with E-state index in [1.165, 1.54) is 30.4 Å². The van der Waals surface area contributed by atoms with Crippen molar-refractivity contribution >= 4 is 11.7 Å². The maximum Gasteiger partial charge on any atom is 0.254 e. The van der Waals surface area contributed by atoms with Crippen LogP contribution >= 0.6 is 0 Å². The number of fused-ring (bicyclic) bond motifs is 2. The summed E-state index contributed by atoms with van der Waals surface area (Å²) in [5.74, 6) is 1.91. The van der Waals surface area contributed by atoms with Gasteiger partial charge in [-0.2, -0.15) is 0 Å². The van der Waals surface area contributed by atoms with E-state index in [9.17, 15) is 9.59 Å². The van der Waals surface area contributed by atoms with Gasteiger partial charge in [0.1, 0.15) is 0 Å². The second kappa shape index (κ2) is 10.9. The van der Waals surface area contributed by atoms with Crippen molar-refractivity contribution in [1.82, 2.24) is 9.80 Å². The lowest BCUT2D eigenvalue weighted by Crippen LogP contribution is -2.46. The van der Waals surface area contributed by atoms with Gasteiger partial charge in [0.25, 0.3) is 11.7 Å². The molecule has 1 aromatic carbocycles. The van der Waals surface area contributed by atoms with Crippen molar-refractivity contribution in [3.05, 3.63) is 45.0 Å². The lowest BCUT2D eigenvalue weighted by atomic mass is 9.77. The molecule has 0 radical (unpaired) electrons. The normalized spacial score (nSPS) is 28.9. The third kappa shape index (κ3) is 5.04. The summed E-state index contributed by atoms with van der Waals surface area (Å²) in [6, 6.07) is 0.614. The Morgan fingerprint density at radius 2 is 1.63 bits per heavy atom. The van der Waals surface area contributed by atoms with Crippen LogP contribution in [0.3, 0.4) is 0 Å². The summed E-state index contributed by atoms with van der Waals surface area (Å²) in [5, 5.41) is 0. The van der Waals surface area contributed by atoms with Gasteiger partial charge >= 0.3 is 0 Å². The van der Waals surface area contributed by atoms with E-state index in [4.69, 9.17) is 9.47 Å². The molecule has 1 amide bonds. The number of hydrogen-bond acceptors (Lipinski definition) is 5. The molecule has 5 aliphatic rings. The number of allylic oxidation sites excluding steroid dienone is 3. The van der Waals surface area contributed by atoms with Crippen molar-refractivity contribution < 1.29 is 19.1 Å². The number of ketones is 1. The van der Waals surface area contributed by atoms with Crippen LogP contribution in [-0.2, 0) is 11.2 Å². The number of carbonyl (C=O) groups is 2. The van der Waals surface area contributed by atoms with E-state index < -0.39 is 5.79 Å². The molecule has 1 unspecified atom stereocenters. The number of hydrogen-bond donors (Lipinski definition) is 0. The first kappa shape index (κ1) is 28.5. The van der Waals surface area contributed by atoms with Gasteiger partial charge in [0, 0.05) is 60.7 Å². The standard InChI is InChI=1S/C35H48N2O4/c1-21-18-22(2)28(29(38)19-21)20-37-17-16-27-30(34(37)39)23(3)32-33(31(27)24-10-8-7-9-11-24)41-35(4,40-32)25-12-14-26(15-13-25)36(5)6/h18,24-26H,7-17,19-20H2,1-6H3. The van der Waals surface area contributed by atoms with Gasteiger partial charge in [-0.3, -0.25) is 9.59 Å². The minimum absolute atomic E-state index is 0.0340. The van der Waals surface area contributed by atoms with Gasteiger partial charge in [-0.05, 0) is 96.9 Å². The zero-order valence-electron chi connectivity index (χ0n) is 26.0. The van der Waals surface area contributed by atoms with Crippen LogP contribution in [-0.4, -0.2) is 60.5 Å². The van der Waals surface area contributed by atoms with Crippen LogP contribution in [0.1, 0.15) is 118 Å². The Morgan fingerprint density at radius 1 is 0.951 bits per heavy atom. The van der Waals surface area contributed by atoms with Gasteiger partial charge in [0.2, 0.25) is 0 Å². The van der Waals surface area contributed by atoms with Gasteiger partial charge in [-0.25, -0.2) is 0 Å². The number of nitrogens with zero attached hydrogens (tertiary/aromatic N) is 2. The average Bonchev–Trinajstić information content (AvgIpc) is 3.31. The zero-order chi connectivity index (χ0) is 29.1. The number of carbonyl (C=O) groups excluding carboxylic acids is 2. The highest BCUT2D eigenvalue weighted by Gasteiger charge is 2.49. The molecule has 0 saturated heterocycles. The van der Waals surface area contributed by atoms with Crippen molar-refractivity contribution in [1.29, 1.82) is 0 Å². The summed E-state index contributed by atoms with van der Waals surface area (Å²) in [6.07, 6.45) is 13.8. The Hall–Kier alpha value is -2.60. The highest BCUT2D eigenvalue weighted by molar-refractivity contribution is 6.03. The van der Waals surface area contributed by atoms with Crippen molar-refractivity contribution in [3.63, 3.8) is 0 Å². The lowest BCUT2D eigenvalue weighted by molar-refractivity contribution is -0.123. The third-order valence-corrected chi connectivity index (χ3v) is 10.8. The third-order valence-electron chi connectivity index (χ3n) is 10.8. The molecule has 41 heavy (non-hydrogen) atoms. The molecule has 2 aliphatic heterocycles. The Morgan fingerprint density at radius 3 is 2.29 bits per heavy atom. The fraction of sp³-hybridized carbons (Fsp3) is 0.657. The average molecular weight is 561 g/mol. The van der Waals surface area contributed by atoms with Crippen LogP contribution in [0.5, 0.6) is 11.5 Å². The van der Waals surface area contributed by atoms with Crippen LogP contribution < -0.4 is 9.47 Å². The Balaban J connectivity index is 1.36. The predicted octanol–water partition coefficient (Wildman–Crippen LogP) is 6.88. The van der Waals surface area contributed by atoms with E-state index in [1.54, 1.807) is 0 Å². The van der Waals surface area contributed by atoms with E-state index in [2.05, 4.69) is 32.0 Å². The highest BCUT2D eigenvalue weighted by Crippen LogP contribution is 2.55. The molecule has 0 spiro atoms. The first-order valence-corrected chi connectivity index (χ1v) is 16.0. The quantitative estimate of drug-likeness (QED) is 0.393. The van der Waals surface area contributed by atoms with Crippen molar-refractivity contribution in [2.24, 2.45) is 5.92 Å². The van der Waals surface area contributed by atoms with Gasteiger partial charge in [0.05, 0.1) is 0 Å². The molecule has 6 rings (SSSR count). The summed E-state index contributed by atoms with van der Waals surface area (Å²) in [6.45, 7) is 9.18. The molecule has 0 bridgehead atoms. The first-order chi connectivity index (χ1) is 19.6. The zero-order valence-corrected chi connectivity index (χ0v) is 26.0. The minimum atomic E-state index is -0.707. The first-order valence-electron chi connectivity index (χ1n) is 16.0. The number of benzene rings is 1. The monoisotopic (exact) mass is 560 g/mol. The molecule has 0 N–H and O–H groups in total. The SMILES string of the molecule is CC1=CC(C)=C(CN2CCc3c(c(C)c4c(c3C3CCCCC3)OC(C)(C3CCC(N(C)C)CC3)O4)C2=O)C(=O)C1. The number of ether oxygens (including phenoxy) is 2. The van der Waals surface area contributed by atoms with Crippen LogP contribution in [0, 0.1) is 12.8 Å². The van der Waals surface area contributed by atoms with Gasteiger partial charge in [0.15, 0.2) is 17.3 Å².